The minimum Gasteiger partial charge on any atom is -0.324 e. The van der Waals surface area contributed by atoms with E-state index in [1.54, 1.807) is 0 Å². The Labute approximate surface area is 78.5 Å². The van der Waals surface area contributed by atoms with E-state index < -0.39 is 30.2 Å². The highest BCUT2D eigenvalue weighted by Crippen LogP contribution is 2.19. The number of alkyl halides is 1. The third-order valence-electron chi connectivity index (χ3n) is 1.85. The second-order valence-electron chi connectivity index (χ2n) is 2.88. The highest BCUT2D eigenvalue weighted by Gasteiger charge is 2.14. The van der Waals surface area contributed by atoms with Crippen molar-refractivity contribution in [1.29, 1.82) is 0 Å². The van der Waals surface area contributed by atoms with E-state index in [1.807, 2.05) is 0 Å². The monoisotopic (exact) mass is 207 g/mol. The molecule has 1 nitrogen and oxygen atoms in total. The van der Waals surface area contributed by atoms with Gasteiger partial charge < -0.3 is 5.73 Å². The first kappa shape index (κ1) is 11.0. The molecule has 0 heterocycles. The summed E-state index contributed by atoms with van der Waals surface area (Å²) < 4.78 is 49.7. The van der Waals surface area contributed by atoms with Crippen LogP contribution in [0.5, 0.6) is 0 Å². The molecule has 0 fully saturated rings. The van der Waals surface area contributed by atoms with E-state index in [9.17, 15) is 17.6 Å². The van der Waals surface area contributed by atoms with Gasteiger partial charge in [0.05, 0.1) is 6.67 Å². The zero-order valence-electron chi connectivity index (χ0n) is 7.24. The van der Waals surface area contributed by atoms with E-state index >= 15 is 0 Å². The lowest BCUT2D eigenvalue weighted by molar-refractivity contribution is 0.427. The van der Waals surface area contributed by atoms with Gasteiger partial charge in [0.15, 0.2) is 17.5 Å². The Hall–Kier alpha value is -1.10. The van der Waals surface area contributed by atoms with Crippen molar-refractivity contribution in [3.05, 3.63) is 35.1 Å². The van der Waals surface area contributed by atoms with Crippen LogP contribution in [-0.4, -0.2) is 6.67 Å². The van der Waals surface area contributed by atoms with Gasteiger partial charge in [0.2, 0.25) is 0 Å². The third-order valence-corrected chi connectivity index (χ3v) is 1.85. The summed E-state index contributed by atoms with van der Waals surface area (Å²) >= 11 is 0. The lowest BCUT2D eigenvalue weighted by atomic mass is 10.0. The van der Waals surface area contributed by atoms with Gasteiger partial charge in [-0.15, -0.1) is 0 Å². The van der Waals surface area contributed by atoms with Crippen LogP contribution in [0.4, 0.5) is 17.6 Å². The Balaban J connectivity index is 3.00. The normalized spacial score (nSPS) is 12.9. The van der Waals surface area contributed by atoms with Crippen molar-refractivity contribution in [2.45, 2.75) is 12.5 Å². The summed E-state index contributed by atoms with van der Waals surface area (Å²) in [5.74, 6) is -4.16. The van der Waals surface area contributed by atoms with Crippen LogP contribution in [0.2, 0.25) is 0 Å². The molecule has 0 aliphatic carbocycles. The average molecular weight is 207 g/mol. The van der Waals surface area contributed by atoms with Gasteiger partial charge in [-0.05, 0) is 24.1 Å². The summed E-state index contributed by atoms with van der Waals surface area (Å²) in [5.41, 5.74) is 5.45. The third kappa shape index (κ3) is 2.23. The molecule has 0 aromatic heterocycles. The first-order valence-corrected chi connectivity index (χ1v) is 4.02. The fourth-order valence-electron chi connectivity index (χ4n) is 1.07. The molecule has 1 aromatic carbocycles. The van der Waals surface area contributed by atoms with Crippen LogP contribution in [0.25, 0.3) is 0 Å². The predicted molar refractivity (Wildman–Crippen MR) is 43.8 cm³/mol. The van der Waals surface area contributed by atoms with Gasteiger partial charge in [-0.1, -0.05) is 0 Å². The van der Waals surface area contributed by atoms with Crippen LogP contribution >= 0.6 is 0 Å². The minimum atomic E-state index is -1.54. The summed E-state index contributed by atoms with van der Waals surface area (Å²) in [6, 6.07) is 0.738. The summed E-state index contributed by atoms with van der Waals surface area (Å²) in [7, 11) is 0. The standard InChI is InChI=1S/C9H9F4N/c10-2-1-8(14)5-3-6(11)9(13)7(12)4-5/h3-4,8H,1-2,14H2/t8-/m1/s1. The van der Waals surface area contributed by atoms with E-state index in [2.05, 4.69) is 0 Å². The summed E-state index contributed by atoms with van der Waals surface area (Å²) in [5, 5.41) is 0. The first-order valence-electron chi connectivity index (χ1n) is 4.02. The maximum atomic E-state index is 12.7. The molecule has 0 aliphatic heterocycles. The van der Waals surface area contributed by atoms with E-state index in [4.69, 9.17) is 5.73 Å². The Kier molecular flexibility index (Phi) is 3.46. The molecule has 0 spiro atoms. The van der Waals surface area contributed by atoms with Crippen molar-refractivity contribution < 1.29 is 17.6 Å². The lowest BCUT2D eigenvalue weighted by Crippen LogP contribution is -2.12. The van der Waals surface area contributed by atoms with Crippen molar-refractivity contribution in [2.75, 3.05) is 6.67 Å². The van der Waals surface area contributed by atoms with Crippen LogP contribution in [0, 0.1) is 17.5 Å². The zero-order chi connectivity index (χ0) is 10.7. The Morgan fingerprint density at radius 1 is 1.14 bits per heavy atom. The molecular weight excluding hydrogens is 198 g/mol. The molecule has 1 atom stereocenters. The summed E-state index contributed by atoms with van der Waals surface area (Å²) in [6.07, 6.45) is -0.0511. The number of hydrogen-bond donors (Lipinski definition) is 1. The second-order valence-corrected chi connectivity index (χ2v) is 2.88. The van der Waals surface area contributed by atoms with Gasteiger partial charge in [-0.25, -0.2) is 13.2 Å². The van der Waals surface area contributed by atoms with Gasteiger partial charge >= 0.3 is 0 Å². The zero-order valence-corrected chi connectivity index (χ0v) is 7.24. The van der Waals surface area contributed by atoms with Crippen LogP contribution in [0.3, 0.4) is 0 Å². The number of hydrogen-bond acceptors (Lipinski definition) is 1. The van der Waals surface area contributed by atoms with Crippen LogP contribution in [-0.2, 0) is 0 Å². The van der Waals surface area contributed by atoms with Gasteiger partial charge in [-0.3, -0.25) is 4.39 Å². The Morgan fingerprint density at radius 2 is 1.64 bits per heavy atom. The van der Waals surface area contributed by atoms with Crippen molar-refractivity contribution in [1.82, 2.24) is 0 Å². The van der Waals surface area contributed by atoms with Gasteiger partial charge in [0, 0.05) is 6.04 Å². The van der Waals surface area contributed by atoms with Crippen molar-refractivity contribution in [3.63, 3.8) is 0 Å². The predicted octanol–water partition coefficient (Wildman–Crippen LogP) is 2.46. The number of halogens is 4. The van der Waals surface area contributed by atoms with Crippen molar-refractivity contribution >= 4 is 0 Å². The van der Waals surface area contributed by atoms with Crippen LogP contribution in [0.1, 0.15) is 18.0 Å². The molecule has 5 heteroatoms. The lowest BCUT2D eigenvalue weighted by Gasteiger charge is -2.10. The molecular formula is C9H9F4N. The van der Waals surface area contributed by atoms with E-state index in [-0.39, 0.29) is 12.0 Å². The minimum absolute atomic E-state index is 0.0511. The van der Waals surface area contributed by atoms with E-state index in [1.165, 1.54) is 0 Å². The number of rotatable bonds is 3. The first-order chi connectivity index (χ1) is 6.56. The summed E-state index contributed by atoms with van der Waals surface area (Å²) in [4.78, 5) is 0. The van der Waals surface area contributed by atoms with Crippen LogP contribution in [0.15, 0.2) is 12.1 Å². The average Bonchev–Trinajstić information content (AvgIpc) is 2.13. The van der Waals surface area contributed by atoms with Gasteiger partial charge in [0.1, 0.15) is 0 Å². The molecule has 0 saturated heterocycles. The maximum Gasteiger partial charge on any atom is 0.194 e. The van der Waals surface area contributed by atoms with E-state index in [0.717, 1.165) is 12.1 Å². The molecule has 0 amide bonds. The van der Waals surface area contributed by atoms with Crippen LogP contribution < -0.4 is 5.73 Å². The molecule has 1 rings (SSSR count). The molecule has 78 valence electrons. The second kappa shape index (κ2) is 4.41. The number of benzene rings is 1. The fourth-order valence-corrected chi connectivity index (χ4v) is 1.07. The molecule has 0 saturated carbocycles. The van der Waals surface area contributed by atoms with Crippen molar-refractivity contribution in [3.8, 4) is 0 Å². The number of nitrogens with two attached hydrogens (primary N) is 1. The van der Waals surface area contributed by atoms with Gasteiger partial charge in [0.25, 0.3) is 0 Å². The molecule has 14 heavy (non-hydrogen) atoms. The highest BCUT2D eigenvalue weighted by atomic mass is 19.2. The molecule has 1 aromatic rings. The molecule has 0 radical (unpaired) electrons. The Morgan fingerprint density at radius 3 is 2.07 bits per heavy atom. The maximum absolute atomic E-state index is 12.7. The molecule has 0 bridgehead atoms. The van der Waals surface area contributed by atoms with Crippen molar-refractivity contribution in [2.24, 2.45) is 5.73 Å². The summed E-state index contributed by atoms with van der Waals surface area (Å²) in [6.45, 7) is -0.693. The fraction of sp³-hybridized carbons (Fsp3) is 0.333. The molecule has 0 aliphatic rings. The SMILES string of the molecule is N[C@H](CCF)c1cc(F)c(F)c(F)c1. The Bertz CT molecular complexity index is 304. The topological polar surface area (TPSA) is 26.0 Å². The quantitative estimate of drug-likeness (QED) is 0.598. The molecule has 2 N–H and O–H groups in total. The highest BCUT2D eigenvalue weighted by molar-refractivity contribution is 5.22. The smallest absolute Gasteiger partial charge is 0.194 e. The molecule has 0 unspecified atom stereocenters. The largest absolute Gasteiger partial charge is 0.324 e. The van der Waals surface area contributed by atoms with E-state index in [0.29, 0.717) is 0 Å². The van der Waals surface area contributed by atoms with Gasteiger partial charge in [-0.2, -0.15) is 0 Å².